The summed E-state index contributed by atoms with van der Waals surface area (Å²) < 4.78 is 5.20. The summed E-state index contributed by atoms with van der Waals surface area (Å²) in [6.45, 7) is 3.91. The largest absolute Gasteiger partial charge is 0.497 e. The van der Waals surface area contributed by atoms with Gasteiger partial charge in [0.15, 0.2) is 0 Å². The van der Waals surface area contributed by atoms with Crippen LogP contribution < -0.4 is 10.3 Å². The third kappa shape index (κ3) is 2.06. The van der Waals surface area contributed by atoms with E-state index in [1.165, 1.54) is 6.33 Å². The van der Waals surface area contributed by atoms with E-state index in [0.717, 1.165) is 22.4 Å². The van der Waals surface area contributed by atoms with Gasteiger partial charge in [0.1, 0.15) is 5.75 Å². The van der Waals surface area contributed by atoms with Gasteiger partial charge in [-0.2, -0.15) is 0 Å². The molecule has 1 N–H and O–H groups in total. The van der Waals surface area contributed by atoms with Crippen molar-refractivity contribution in [2.24, 2.45) is 0 Å². The van der Waals surface area contributed by atoms with Crippen molar-refractivity contribution in [3.8, 4) is 16.9 Å². The van der Waals surface area contributed by atoms with Crippen molar-refractivity contribution in [3.63, 3.8) is 0 Å². The molecule has 0 aliphatic heterocycles. The summed E-state index contributed by atoms with van der Waals surface area (Å²) >= 11 is 0. The maximum Gasteiger partial charge on any atom is 0.258 e. The number of hydrogen-bond acceptors (Lipinski definition) is 3. The SMILES string of the molecule is COc1cc(C)c(-c2cnc[nH]c2=O)c(C)c1. The molecule has 4 nitrogen and oxygen atoms in total. The summed E-state index contributed by atoms with van der Waals surface area (Å²) in [5.74, 6) is 0.795. The van der Waals surface area contributed by atoms with E-state index in [4.69, 9.17) is 4.74 Å². The van der Waals surface area contributed by atoms with E-state index in [2.05, 4.69) is 9.97 Å². The Morgan fingerprint density at radius 1 is 1.24 bits per heavy atom. The van der Waals surface area contributed by atoms with Crippen molar-refractivity contribution >= 4 is 0 Å². The number of ether oxygens (including phenoxy) is 1. The summed E-state index contributed by atoms with van der Waals surface area (Å²) in [7, 11) is 1.63. The fourth-order valence-electron chi connectivity index (χ4n) is 1.99. The van der Waals surface area contributed by atoms with Crippen LogP contribution in [0.25, 0.3) is 11.1 Å². The van der Waals surface area contributed by atoms with Crippen LogP contribution in [0.5, 0.6) is 5.75 Å². The lowest BCUT2D eigenvalue weighted by molar-refractivity contribution is 0.414. The van der Waals surface area contributed by atoms with E-state index >= 15 is 0 Å². The molecule has 0 bridgehead atoms. The van der Waals surface area contributed by atoms with Gasteiger partial charge in [-0.25, -0.2) is 4.98 Å². The Morgan fingerprint density at radius 2 is 1.88 bits per heavy atom. The van der Waals surface area contributed by atoms with Crippen LogP contribution in [0.15, 0.2) is 29.5 Å². The maximum atomic E-state index is 11.8. The molecule has 1 aromatic heterocycles. The molecule has 0 radical (unpaired) electrons. The number of nitrogens with one attached hydrogen (secondary N) is 1. The van der Waals surface area contributed by atoms with Crippen LogP contribution in [0.2, 0.25) is 0 Å². The van der Waals surface area contributed by atoms with Gasteiger partial charge in [0, 0.05) is 6.20 Å². The lowest BCUT2D eigenvalue weighted by atomic mass is 9.97. The van der Waals surface area contributed by atoms with Gasteiger partial charge in [0.05, 0.1) is 19.0 Å². The van der Waals surface area contributed by atoms with E-state index in [1.807, 2.05) is 26.0 Å². The Kier molecular flexibility index (Phi) is 2.95. The van der Waals surface area contributed by atoms with Gasteiger partial charge in [-0.1, -0.05) is 0 Å². The van der Waals surface area contributed by atoms with Gasteiger partial charge in [-0.05, 0) is 42.7 Å². The van der Waals surface area contributed by atoms with Crippen LogP contribution in [-0.4, -0.2) is 17.1 Å². The zero-order valence-corrected chi connectivity index (χ0v) is 10.1. The summed E-state index contributed by atoms with van der Waals surface area (Å²) in [6, 6.07) is 3.82. The second-order valence-electron chi connectivity index (χ2n) is 3.93. The maximum absolute atomic E-state index is 11.8. The molecule has 1 heterocycles. The minimum Gasteiger partial charge on any atom is -0.497 e. The Labute approximate surface area is 99.3 Å². The molecule has 1 aromatic carbocycles. The first-order chi connectivity index (χ1) is 8.13. The molecule has 2 aromatic rings. The number of rotatable bonds is 2. The average molecular weight is 230 g/mol. The zero-order chi connectivity index (χ0) is 12.4. The first-order valence-electron chi connectivity index (χ1n) is 5.31. The fourth-order valence-corrected chi connectivity index (χ4v) is 1.99. The summed E-state index contributed by atoms with van der Waals surface area (Å²) in [5.41, 5.74) is 3.38. The molecule has 4 heteroatoms. The summed E-state index contributed by atoms with van der Waals surface area (Å²) in [6.07, 6.45) is 2.97. The first-order valence-corrected chi connectivity index (χ1v) is 5.31. The quantitative estimate of drug-likeness (QED) is 0.859. The number of aryl methyl sites for hydroxylation is 2. The molecule has 0 saturated carbocycles. The van der Waals surface area contributed by atoms with Crippen molar-refractivity contribution in [2.45, 2.75) is 13.8 Å². The highest BCUT2D eigenvalue weighted by Gasteiger charge is 2.11. The molecule has 0 aliphatic rings. The van der Waals surface area contributed by atoms with E-state index < -0.39 is 0 Å². The van der Waals surface area contributed by atoms with Crippen LogP contribution in [-0.2, 0) is 0 Å². The molecule has 2 rings (SSSR count). The van der Waals surface area contributed by atoms with Gasteiger partial charge in [0.25, 0.3) is 5.56 Å². The third-order valence-electron chi connectivity index (χ3n) is 2.73. The minimum atomic E-state index is -0.128. The predicted molar refractivity (Wildman–Crippen MR) is 66.3 cm³/mol. The minimum absolute atomic E-state index is 0.128. The second kappa shape index (κ2) is 4.41. The van der Waals surface area contributed by atoms with Crippen molar-refractivity contribution < 1.29 is 4.74 Å². The third-order valence-corrected chi connectivity index (χ3v) is 2.73. The Hall–Kier alpha value is -2.10. The molecule has 0 spiro atoms. The molecule has 0 unspecified atom stereocenters. The predicted octanol–water partition coefficient (Wildman–Crippen LogP) is 2.06. The zero-order valence-electron chi connectivity index (χ0n) is 10.1. The summed E-state index contributed by atoms with van der Waals surface area (Å²) in [5, 5.41) is 0. The summed E-state index contributed by atoms with van der Waals surface area (Å²) in [4.78, 5) is 18.3. The Bertz CT molecular complexity index is 579. The number of benzene rings is 1. The van der Waals surface area contributed by atoms with Crippen LogP contribution >= 0.6 is 0 Å². The number of aromatic amines is 1. The lowest BCUT2D eigenvalue weighted by Gasteiger charge is -2.11. The van der Waals surface area contributed by atoms with E-state index in [0.29, 0.717) is 5.56 Å². The number of H-pyrrole nitrogens is 1. The lowest BCUT2D eigenvalue weighted by Crippen LogP contribution is -2.10. The number of hydrogen-bond donors (Lipinski definition) is 1. The molecule has 0 atom stereocenters. The molecule has 0 fully saturated rings. The van der Waals surface area contributed by atoms with Gasteiger partial charge >= 0.3 is 0 Å². The van der Waals surface area contributed by atoms with Crippen molar-refractivity contribution in [1.82, 2.24) is 9.97 Å². The van der Waals surface area contributed by atoms with Crippen molar-refractivity contribution in [3.05, 3.63) is 46.1 Å². The Balaban J connectivity index is 2.69. The number of aromatic nitrogens is 2. The molecule has 0 amide bonds. The van der Waals surface area contributed by atoms with Crippen molar-refractivity contribution in [1.29, 1.82) is 0 Å². The average Bonchev–Trinajstić information content (AvgIpc) is 2.30. The Morgan fingerprint density at radius 3 is 2.41 bits per heavy atom. The highest BCUT2D eigenvalue weighted by molar-refractivity contribution is 5.70. The van der Waals surface area contributed by atoms with E-state index in [9.17, 15) is 4.79 Å². The molecule has 88 valence electrons. The van der Waals surface area contributed by atoms with Crippen LogP contribution in [0.1, 0.15) is 11.1 Å². The van der Waals surface area contributed by atoms with Crippen LogP contribution in [0.4, 0.5) is 0 Å². The van der Waals surface area contributed by atoms with Gasteiger partial charge in [0.2, 0.25) is 0 Å². The smallest absolute Gasteiger partial charge is 0.258 e. The van der Waals surface area contributed by atoms with Crippen LogP contribution in [0.3, 0.4) is 0 Å². The van der Waals surface area contributed by atoms with Gasteiger partial charge in [-0.15, -0.1) is 0 Å². The first kappa shape index (κ1) is 11.4. The number of methoxy groups -OCH3 is 1. The topological polar surface area (TPSA) is 55.0 Å². The van der Waals surface area contributed by atoms with E-state index in [1.54, 1.807) is 13.3 Å². The molecule has 0 aliphatic carbocycles. The van der Waals surface area contributed by atoms with Gasteiger partial charge < -0.3 is 9.72 Å². The van der Waals surface area contributed by atoms with Gasteiger partial charge in [-0.3, -0.25) is 4.79 Å². The standard InChI is InChI=1S/C13H14N2O2/c1-8-4-10(17-3)5-9(2)12(8)11-6-14-7-15-13(11)16/h4-7H,1-3H3,(H,14,15,16). The van der Waals surface area contributed by atoms with E-state index in [-0.39, 0.29) is 5.56 Å². The highest BCUT2D eigenvalue weighted by Crippen LogP contribution is 2.28. The second-order valence-corrected chi connectivity index (χ2v) is 3.93. The fraction of sp³-hybridized carbons (Fsp3) is 0.231. The monoisotopic (exact) mass is 230 g/mol. The normalized spacial score (nSPS) is 10.3. The molecular weight excluding hydrogens is 216 g/mol. The van der Waals surface area contributed by atoms with Crippen LogP contribution in [0, 0.1) is 13.8 Å². The van der Waals surface area contributed by atoms with Crippen molar-refractivity contribution in [2.75, 3.05) is 7.11 Å². The highest BCUT2D eigenvalue weighted by atomic mass is 16.5. The molecule has 0 saturated heterocycles. The molecule has 17 heavy (non-hydrogen) atoms. The number of nitrogens with zero attached hydrogens (tertiary/aromatic N) is 1. The molecular formula is C13H14N2O2.